The topological polar surface area (TPSA) is 23.9 Å². The molecule has 1 fully saturated rings. The number of nitrogens with one attached hydrogen (secondary N) is 1. The zero-order valence-corrected chi connectivity index (χ0v) is 26.2. The van der Waals surface area contributed by atoms with E-state index in [1.165, 1.54) is 22.0 Å². The highest BCUT2D eigenvalue weighted by Gasteiger charge is 2.51. The summed E-state index contributed by atoms with van der Waals surface area (Å²) < 4.78 is 0. The Morgan fingerprint density at radius 3 is 1.51 bits per heavy atom. The maximum atomic E-state index is 9.83. The lowest BCUT2D eigenvalue weighted by Crippen LogP contribution is -2.30. The Bertz CT molecular complexity index is 1110. The number of benzene rings is 1. The summed E-state index contributed by atoms with van der Waals surface area (Å²) in [6.07, 6.45) is 15.2. The van der Waals surface area contributed by atoms with Gasteiger partial charge in [0.25, 0.3) is 0 Å². The molecule has 37 heavy (non-hydrogen) atoms. The lowest BCUT2D eigenvalue weighted by atomic mass is 9.70. The first kappa shape index (κ1) is 28.4. The first-order valence-corrected chi connectivity index (χ1v) is 16.5. The van der Waals surface area contributed by atoms with Gasteiger partial charge in [-0.25, -0.2) is 0 Å². The van der Waals surface area contributed by atoms with Crippen molar-refractivity contribution < 1.29 is 0 Å². The maximum Gasteiger partial charge on any atom is 0.00150 e. The van der Waals surface area contributed by atoms with Crippen molar-refractivity contribution in [3.63, 3.8) is 0 Å². The van der Waals surface area contributed by atoms with Crippen molar-refractivity contribution in [3.05, 3.63) is 77.4 Å². The van der Waals surface area contributed by atoms with E-state index in [0.717, 1.165) is 0 Å². The van der Waals surface area contributed by atoms with Crippen molar-refractivity contribution in [2.24, 2.45) is 40.4 Å². The molecule has 5 unspecified atom stereocenters. The predicted octanol–water partition coefficient (Wildman–Crippen LogP) is 10.2. The summed E-state index contributed by atoms with van der Waals surface area (Å²) in [4.78, 5) is 0. The molecule has 0 saturated heterocycles. The quantitative estimate of drug-likeness (QED) is 0.376. The summed E-state index contributed by atoms with van der Waals surface area (Å²) in [6, 6.07) is 9.09. The van der Waals surface area contributed by atoms with Crippen LogP contribution in [-0.4, -0.2) is 11.3 Å². The average Bonchev–Trinajstić information content (AvgIpc) is 3.14. The van der Waals surface area contributed by atoms with Crippen molar-refractivity contribution in [2.75, 3.05) is 0 Å². The van der Waals surface area contributed by atoms with Crippen LogP contribution >= 0.6 is 7.05 Å². The van der Waals surface area contributed by atoms with Crippen LogP contribution in [0.25, 0.3) is 0 Å². The van der Waals surface area contributed by atoms with Gasteiger partial charge in [-0.05, 0) is 79.7 Å². The van der Waals surface area contributed by atoms with E-state index >= 15 is 0 Å². The highest BCUT2D eigenvalue weighted by atomic mass is 31.2. The summed E-state index contributed by atoms with van der Waals surface area (Å²) >= 11 is 0. The molecule has 1 saturated carbocycles. The number of allylic oxidation sites excluding steroid dienone is 8. The van der Waals surface area contributed by atoms with E-state index < -0.39 is 7.05 Å². The van der Waals surface area contributed by atoms with E-state index in [4.69, 9.17) is 0 Å². The minimum absolute atomic E-state index is 0.153. The molecule has 2 heteroatoms. The summed E-state index contributed by atoms with van der Waals surface area (Å²) in [5, 5.41) is 11.2. The van der Waals surface area contributed by atoms with Gasteiger partial charge in [0.15, 0.2) is 0 Å². The van der Waals surface area contributed by atoms with Crippen LogP contribution in [0.15, 0.2) is 71.9 Å². The second-order valence-corrected chi connectivity index (χ2v) is 18.8. The van der Waals surface area contributed by atoms with E-state index in [0.29, 0.717) is 46.8 Å². The fraction of sp³-hybridized carbons (Fsp3) is 0.600. The van der Waals surface area contributed by atoms with Gasteiger partial charge < -0.3 is 5.16 Å². The van der Waals surface area contributed by atoms with Crippen molar-refractivity contribution in [2.45, 2.75) is 93.4 Å². The van der Waals surface area contributed by atoms with Crippen molar-refractivity contribution in [1.29, 1.82) is 5.16 Å². The summed E-state index contributed by atoms with van der Waals surface area (Å²) in [5.74, 6) is 3.07. The molecular weight excluding hydrogens is 465 g/mol. The average molecular weight is 518 g/mol. The van der Waals surface area contributed by atoms with Crippen LogP contribution in [0.2, 0.25) is 0 Å². The zero-order chi connectivity index (χ0) is 27.5. The number of hydrogen-bond acceptors (Lipinski definition) is 1. The third kappa shape index (κ3) is 4.95. The van der Waals surface area contributed by atoms with Crippen LogP contribution in [0.1, 0.15) is 87.6 Å². The van der Waals surface area contributed by atoms with Crippen LogP contribution < -0.4 is 5.30 Å². The van der Waals surface area contributed by atoms with Crippen LogP contribution in [0.5, 0.6) is 0 Å². The lowest BCUT2D eigenvalue weighted by molar-refractivity contribution is 0.316. The van der Waals surface area contributed by atoms with Gasteiger partial charge in [0.05, 0.1) is 0 Å². The first-order chi connectivity index (χ1) is 17.1. The van der Waals surface area contributed by atoms with Gasteiger partial charge in [-0.1, -0.05) is 137 Å². The zero-order valence-electron chi connectivity index (χ0n) is 25.3. The molecule has 202 valence electrons. The molecule has 1 nitrogen and oxygen atoms in total. The minimum atomic E-state index is -2.06. The second kappa shape index (κ2) is 9.86. The molecule has 0 aromatic heterocycles. The van der Waals surface area contributed by atoms with Gasteiger partial charge in [0.1, 0.15) is 0 Å². The largest absolute Gasteiger partial charge is 0.313 e. The third-order valence-electron chi connectivity index (χ3n) is 9.73. The Balaban J connectivity index is 1.88. The molecule has 1 N–H and O–H groups in total. The Hall–Kier alpha value is -1.59. The molecule has 0 radical (unpaired) electrons. The second-order valence-electron chi connectivity index (χ2n) is 14.7. The highest BCUT2D eigenvalue weighted by molar-refractivity contribution is 7.74. The summed E-state index contributed by atoms with van der Waals surface area (Å²) in [7, 11) is -2.06. The third-order valence-corrected chi connectivity index (χ3v) is 14.2. The van der Waals surface area contributed by atoms with Gasteiger partial charge in [-0.15, -0.1) is 0 Å². The summed E-state index contributed by atoms with van der Waals surface area (Å²) in [5.41, 5.74) is 5.43. The molecular formula is C35H52NP. The first-order valence-electron chi connectivity index (χ1n) is 14.6. The predicted molar refractivity (Wildman–Crippen MR) is 165 cm³/mol. The number of fused-ring (bicyclic) bond motifs is 3. The van der Waals surface area contributed by atoms with Crippen molar-refractivity contribution in [3.8, 4) is 0 Å². The normalized spacial score (nSPS) is 28.7. The molecule has 1 aromatic carbocycles. The van der Waals surface area contributed by atoms with Crippen LogP contribution in [-0.2, 0) is 0 Å². The van der Waals surface area contributed by atoms with E-state index in [-0.39, 0.29) is 10.8 Å². The van der Waals surface area contributed by atoms with Crippen LogP contribution in [0, 0.1) is 45.6 Å². The standard InChI is InChI=1S/C35H52NP/c1-22(2)37(36,23(3)4)32-15-13-12-14-27(32)24(5)33-30-20-25(34(6,7)8)16-18-28(30)29-19-17-26(21-31(29)33)35(9,10)11/h12-24,28-31,33,36H,1-11H3. The summed E-state index contributed by atoms with van der Waals surface area (Å²) in [6.45, 7) is 25.7. The molecule has 3 aliphatic carbocycles. The van der Waals surface area contributed by atoms with Gasteiger partial charge in [0.2, 0.25) is 0 Å². The number of hydrogen-bond donors (Lipinski definition) is 1. The van der Waals surface area contributed by atoms with Gasteiger partial charge in [0, 0.05) is 7.05 Å². The molecule has 1 aromatic rings. The molecule has 0 aliphatic heterocycles. The Morgan fingerprint density at radius 1 is 0.676 bits per heavy atom. The van der Waals surface area contributed by atoms with E-state index in [1.807, 2.05) is 0 Å². The molecule has 5 atom stereocenters. The Labute approximate surface area is 228 Å². The fourth-order valence-corrected chi connectivity index (χ4v) is 10.8. The van der Waals surface area contributed by atoms with E-state index in [2.05, 4.69) is 137 Å². The minimum Gasteiger partial charge on any atom is -0.313 e. The van der Waals surface area contributed by atoms with Gasteiger partial charge >= 0.3 is 0 Å². The molecule has 0 amide bonds. The molecule has 4 rings (SSSR count). The van der Waals surface area contributed by atoms with Gasteiger partial charge in [-0.2, -0.15) is 0 Å². The molecule has 0 spiro atoms. The Morgan fingerprint density at radius 2 is 1.11 bits per heavy atom. The maximum absolute atomic E-state index is 9.83. The van der Waals surface area contributed by atoms with E-state index in [9.17, 15) is 5.16 Å². The fourth-order valence-electron chi connectivity index (χ4n) is 7.43. The van der Waals surface area contributed by atoms with Crippen molar-refractivity contribution in [1.82, 2.24) is 0 Å². The van der Waals surface area contributed by atoms with Crippen LogP contribution in [0.3, 0.4) is 0 Å². The number of rotatable bonds is 5. The highest BCUT2D eigenvalue weighted by Crippen LogP contribution is 2.60. The molecule has 0 heterocycles. The van der Waals surface area contributed by atoms with Gasteiger partial charge in [-0.3, -0.25) is 0 Å². The van der Waals surface area contributed by atoms with Crippen molar-refractivity contribution >= 4 is 12.4 Å². The smallest absolute Gasteiger partial charge is 0.00150 e. The Kier molecular flexibility index (Phi) is 7.57. The lowest BCUT2D eigenvalue weighted by Gasteiger charge is -2.38. The molecule has 3 aliphatic rings. The SMILES string of the molecule is CC(c1ccccc1P(=N)(C(C)C)C(C)C)C1C2C=C(C(C)(C)C)C=CC2C2C=CC(C(C)(C)C)=CC21. The van der Waals surface area contributed by atoms with Crippen LogP contribution in [0.4, 0.5) is 0 Å². The molecule has 0 bridgehead atoms. The monoisotopic (exact) mass is 517 g/mol. The van der Waals surface area contributed by atoms with E-state index in [1.54, 1.807) is 0 Å².